The molecule has 2 aromatic heterocycles. The van der Waals surface area contributed by atoms with E-state index in [9.17, 15) is 24.0 Å². The molecule has 6 rings (SSSR count). The van der Waals surface area contributed by atoms with Gasteiger partial charge >= 0.3 is 24.0 Å². The number of fused-ring (bicyclic) bond motifs is 1. The highest BCUT2D eigenvalue weighted by Crippen LogP contribution is 2.38. The number of hydrogen-bond donors (Lipinski definition) is 0. The van der Waals surface area contributed by atoms with Crippen LogP contribution in [0, 0.1) is 0 Å². The van der Waals surface area contributed by atoms with Crippen molar-refractivity contribution in [3.05, 3.63) is 101 Å². The molecular formula is C38H35BrN6O10. The molecule has 1 fully saturated rings. The predicted molar refractivity (Wildman–Crippen MR) is 199 cm³/mol. The number of benzene rings is 3. The molecule has 0 N–H and O–H groups in total. The van der Waals surface area contributed by atoms with E-state index in [-0.39, 0.29) is 36.1 Å². The molecule has 0 unspecified atom stereocenters. The van der Waals surface area contributed by atoms with E-state index in [2.05, 4.69) is 25.9 Å². The van der Waals surface area contributed by atoms with Crippen molar-refractivity contribution in [2.24, 2.45) is 0 Å². The summed E-state index contributed by atoms with van der Waals surface area (Å²) in [4.78, 5) is 80.3. The number of esters is 3. The monoisotopic (exact) mass is 814 g/mol. The van der Waals surface area contributed by atoms with Crippen LogP contribution in [0.15, 0.2) is 95.7 Å². The molecule has 4 atom stereocenters. The van der Waals surface area contributed by atoms with E-state index >= 15 is 0 Å². The van der Waals surface area contributed by atoms with E-state index < -0.39 is 54.4 Å². The van der Waals surface area contributed by atoms with Gasteiger partial charge in [0.15, 0.2) is 29.6 Å². The highest BCUT2D eigenvalue weighted by atomic mass is 79.9. The number of aromatic nitrogens is 4. The molecule has 1 aliphatic heterocycles. The lowest BCUT2D eigenvalue weighted by Crippen LogP contribution is -2.40. The molecule has 0 spiro atoms. The van der Waals surface area contributed by atoms with Gasteiger partial charge in [-0.3, -0.25) is 28.6 Å². The number of imidazole rings is 1. The van der Waals surface area contributed by atoms with Crippen LogP contribution in [-0.2, 0) is 44.7 Å². The molecule has 0 bridgehead atoms. The minimum atomic E-state index is -1.29. The third-order valence-corrected chi connectivity index (χ3v) is 9.07. The number of hydrogen-bond acceptors (Lipinski definition) is 13. The van der Waals surface area contributed by atoms with Crippen LogP contribution in [0.1, 0.15) is 39.5 Å². The van der Waals surface area contributed by atoms with Crippen molar-refractivity contribution >= 4 is 74.3 Å². The van der Waals surface area contributed by atoms with E-state index in [1.165, 1.54) is 48.4 Å². The molecule has 55 heavy (non-hydrogen) atoms. The van der Waals surface area contributed by atoms with Crippen molar-refractivity contribution < 1.29 is 47.7 Å². The summed E-state index contributed by atoms with van der Waals surface area (Å²) in [6.07, 6.45) is -4.45. The van der Waals surface area contributed by atoms with Gasteiger partial charge < -0.3 is 23.7 Å². The van der Waals surface area contributed by atoms with Gasteiger partial charge in [0, 0.05) is 32.2 Å². The van der Waals surface area contributed by atoms with E-state index in [0.717, 1.165) is 10.0 Å². The molecule has 0 aliphatic carbocycles. The van der Waals surface area contributed by atoms with Crippen LogP contribution in [-0.4, -0.2) is 74.3 Å². The van der Waals surface area contributed by atoms with Gasteiger partial charge in [0.05, 0.1) is 24.2 Å². The molecule has 1 saturated heterocycles. The standard InChI is InChI=1S/C38H35BrN6O10/c1-22(46)43(19-26-13-11-12-18-29(26)39)37-41-34-31(35(42-37)55-38(50)45(27-14-7-5-8-15-27)28-16-9-6-10-17-28)40-21-44(34)36-33(53-25(4)49)32(52-24(3)48)30(54-36)20-51-23(2)47/h5-18,21,30,32-33,36H,19-20H2,1-4H3/t30-,32-,33-,36-/m1/s1. The minimum absolute atomic E-state index is 0.00554. The molecule has 5 aromatic rings. The molecule has 0 saturated carbocycles. The lowest BCUT2D eigenvalue weighted by atomic mass is 10.1. The largest absolute Gasteiger partial charge is 0.463 e. The van der Waals surface area contributed by atoms with Crippen molar-refractivity contribution in [2.75, 3.05) is 16.4 Å². The van der Waals surface area contributed by atoms with Gasteiger partial charge in [0.25, 0.3) is 5.88 Å². The number of halogens is 1. The maximum absolute atomic E-state index is 14.2. The third-order valence-electron chi connectivity index (χ3n) is 8.30. The fourth-order valence-electron chi connectivity index (χ4n) is 5.94. The average Bonchev–Trinajstić information content (AvgIpc) is 3.71. The molecule has 17 heteroatoms. The summed E-state index contributed by atoms with van der Waals surface area (Å²) in [6, 6.07) is 24.9. The Morgan fingerprint density at radius 2 is 1.38 bits per heavy atom. The first-order valence-electron chi connectivity index (χ1n) is 16.9. The lowest BCUT2D eigenvalue weighted by molar-refractivity contribution is -0.166. The number of para-hydroxylation sites is 2. The van der Waals surface area contributed by atoms with Crippen LogP contribution in [0.3, 0.4) is 0 Å². The fraction of sp³-hybridized carbons (Fsp3) is 0.263. The third kappa shape index (κ3) is 8.79. The normalized spacial score (nSPS) is 17.6. The van der Waals surface area contributed by atoms with Crippen molar-refractivity contribution in [1.82, 2.24) is 19.5 Å². The topological polar surface area (TPSA) is 182 Å². The van der Waals surface area contributed by atoms with Crippen LogP contribution < -0.4 is 14.5 Å². The van der Waals surface area contributed by atoms with Crippen LogP contribution in [0.5, 0.6) is 5.88 Å². The molecule has 0 radical (unpaired) electrons. The van der Waals surface area contributed by atoms with Crippen molar-refractivity contribution in [3.8, 4) is 5.88 Å². The second kappa shape index (κ2) is 16.9. The Bertz CT molecular complexity index is 2180. The molecule has 3 aromatic carbocycles. The van der Waals surface area contributed by atoms with E-state index in [1.54, 1.807) is 48.5 Å². The zero-order valence-corrected chi connectivity index (χ0v) is 31.6. The minimum Gasteiger partial charge on any atom is -0.463 e. The van der Waals surface area contributed by atoms with E-state index in [0.29, 0.717) is 11.4 Å². The first-order chi connectivity index (χ1) is 26.4. The number of nitrogens with zero attached hydrogens (tertiary/aromatic N) is 6. The van der Waals surface area contributed by atoms with Crippen molar-refractivity contribution in [1.29, 1.82) is 0 Å². The van der Waals surface area contributed by atoms with Crippen LogP contribution in [0.4, 0.5) is 22.1 Å². The van der Waals surface area contributed by atoms with Gasteiger partial charge in [-0.25, -0.2) is 14.7 Å². The SMILES string of the molecule is CC(=O)OC[C@H]1O[C@@H](n2cnc3c(OC(=O)N(c4ccccc4)c4ccccc4)nc(N(Cc4ccccc4Br)C(C)=O)nc32)[C@H](OC(C)=O)[C@@H]1OC(C)=O. The van der Waals surface area contributed by atoms with Crippen LogP contribution in [0.25, 0.3) is 11.2 Å². The number of carbonyl (C=O) groups is 5. The summed E-state index contributed by atoms with van der Waals surface area (Å²) < 4.78 is 30.7. The van der Waals surface area contributed by atoms with Gasteiger partial charge in [0.1, 0.15) is 12.7 Å². The van der Waals surface area contributed by atoms with Gasteiger partial charge in [-0.15, -0.1) is 0 Å². The average molecular weight is 816 g/mol. The fourth-order valence-corrected chi connectivity index (χ4v) is 6.35. The molecule has 2 amide bonds. The van der Waals surface area contributed by atoms with Crippen LogP contribution >= 0.6 is 15.9 Å². The number of ether oxygens (including phenoxy) is 5. The zero-order chi connectivity index (χ0) is 39.2. The second-order valence-corrected chi connectivity index (χ2v) is 13.1. The molecule has 16 nitrogen and oxygen atoms in total. The summed E-state index contributed by atoms with van der Waals surface area (Å²) in [5, 5.41) is 0. The summed E-state index contributed by atoms with van der Waals surface area (Å²) in [6.45, 7) is 4.54. The molecule has 284 valence electrons. The Kier molecular flexibility index (Phi) is 11.8. The maximum atomic E-state index is 14.2. The lowest BCUT2D eigenvalue weighted by Gasteiger charge is -2.24. The Morgan fingerprint density at radius 3 is 1.96 bits per heavy atom. The number of carbonyl (C=O) groups excluding carboxylic acids is 5. The zero-order valence-electron chi connectivity index (χ0n) is 30.0. The van der Waals surface area contributed by atoms with Gasteiger partial charge in [-0.2, -0.15) is 9.97 Å². The summed E-state index contributed by atoms with van der Waals surface area (Å²) in [5.74, 6) is -2.98. The highest BCUT2D eigenvalue weighted by molar-refractivity contribution is 9.10. The highest BCUT2D eigenvalue weighted by Gasteiger charge is 2.51. The molecular weight excluding hydrogens is 780 g/mol. The number of rotatable bonds is 11. The molecule has 1 aliphatic rings. The quantitative estimate of drug-likeness (QED) is 0.115. The maximum Gasteiger partial charge on any atom is 0.425 e. The van der Waals surface area contributed by atoms with Crippen LogP contribution in [0.2, 0.25) is 0 Å². The van der Waals surface area contributed by atoms with Gasteiger partial charge in [-0.05, 0) is 35.9 Å². The Labute approximate surface area is 323 Å². The Balaban J connectivity index is 1.50. The van der Waals surface area contributed by atoms with Gasteiger partial charge in [-0.1, -0.05) is 70.5 Å². The predicted octanol–water partition coefficient (Wildman–Crippen LogP) is 5.80. The Morgan fingerprint density at radius 1 is 0.782 bits per heavy atom. The summed E-state index contributed by atoms with van der Waals surface area (Å²) >= 11 is 3.53. The van der Waals surface area contributed by atoms with E-state index in [4.69, 9.17) is 28.7 Å². The summed E-state index contributed by atoms with van der Waals surface area (Å²) in [5.41, 5.74) is 1.68. The first kappa shape index (κ1) is 38.5. The van der Waals surface area contributed by atoms with E-state index in [1.807, 2.05) is 36.4 Å². The van der Waals surface area contributed by atoms with Gasteiger partial charge in [0.2, 0.25) is 11.9 Å². The first-order valence-corrected chi connectivity index (χ1v) is 17.7. The smallest absolute Gasteiger partial charge is 0.425 e. The number of anilines is 3. The van der Waals surface area contributed by atoms with Crippen molar-refractivity contribution in [3.63, 3.8) is 0 Å². The van der Waals surface area contributed by atoms with Crippen molar-refractivity contribution in [2.45, 2.75) is 58.8 Å². The molecule has 3 heterocycles. The Hall–Kier alpha value is -6.20. The second-order valence-electron chi connectivity index (χ2n) is 12.2. The number of amides is 2. The summed E-state index contributed by atoms with van der Waals surface area (Å²) in [7, 11) is 0.